The molecule has 0 radical (unpaired) electrons. The summed E-state index contributed by atoms with van der Waals surface area (Å²) in [5.41, 5.74) is 1.53. The Labute approximate surface area is 159 Å². The number of amides is 4. The molecule has 4 amide bonds. The van der Waals surface area contributed by atoms with Crippen molar-refractivity contribution in [3.63, 3.8) is 0 Å². The van der Waals surface area contributed by atoms with Gasteiger partial charge in [-0.2, -0.15) is 5.10 Å². The van der Waals surface area contributed by atoms with Crippen LogP contribution in [0.1, 0.15) is 16.8 Å². The predicted octanol–water partition coefficient (Wildman–Crippen LogP) is 2.47. The number of benzene rings is 1. The quantitative estimate of drug-likeness (QED) is 0.596. The molecule has 1 fully saturated rings. The standard InChI is InChI=1S/C18H16ClFN4O3/c1-10-13(8-14-16(25)22(2)18(27)23(3)17(14)26)15(19)24(21-10)9-11-4-6-12(20)7-5-11/h4-8H,9H2,1-3H3. The summed E-state index contributed by atoms with van der Waals surface area (Å²) < 4.78 is 14.5. The van der Waals surface area contributed by atoms with E-state index >= 15 is 0 Å². The van der Waals surface area contributed by atoms with Crippen LogP contribution in [0.5, 0.6) is 0 Å². The van der Waals surface area contributed by atoms with Gasteiger partial charge in [0.05, 0.1) is 12.2 Å². The molecule has 0 spiro atoms. The second-order valence-corrected chi connectivity index (χ2v) is 6.50. The molecule has 0 unspecified atom stereocenters. The van der Waals surface area contributed by atoms with E-state index in [9.17, 15) is 18.8 Å². The zero-order valence-electron chi connectivity index (χ0n) is 14.9. The van der Waals surface area contributed by atoms with E-state index in [2.05, 4.69) is 5.10 Å². The summed E-state index contributed by atoms with van der Waals surface area (Å²) in [5.74, 6) is -1.75. The first kappa shape index (κ1) is 18.8. The highest BCUT2D eigenvalue weighted by Crippen LogP contribution is 2.26. The number of barbiturate groups is 1. The Hall–Kier alpha value is -3.00. The highest BCUT2D eigenvalue weighted by molar-refractivity contribution is 6.33. The highest BCUT2D eigenvalue weighted by Gasteiger charge is 2.38. The summed E-state index contributed by atoms with van der Waals surface area (Å²) in [6.45, 7) is 1.99. The van der Waals surface area contributed by atoms with Gasteiger partial charge in [0.25, 0.3) is 11.8 Å². The topological polar surface area (TPSA) is 75.5 Å². The number of rotatable bonds is 3. The van der Waals surface area contributed by atoms with Crippen LogP contribution in [0.25, 0.3) is 6.08 Å². The van der Waals surface area contributed by atoms with E-state index in [4.69, 9.17) is 11.6 Å². The van der Waals surface area contributed by atoms with Crippen molar-refractivity contribution >= 4 is 35.5 Å². The molecule has 1 aromatic carbocycles. The van der Waals surface area contributed by atoms with Crippen molar-refractivity contribution < 1.29 is 18.8 Å². The lowest BCUT2D eigenvalue weighted by Crippen LogP contribution is -2.52. The molecule has 0 bridgehead atoms. The average molecular weight is 391 g/mol. The van der Waals surface area contributed by atoms with Crippen LogP contribution in [-0.4, -0.2) is 51.5 Å². The molecular weight excluding hydrogens is 375 g/mol. The van der Waals surface area contributed by atoms with Gasteiger partial charge in [-0.1, -0.05) is 23.7 Å². The fourth-order valence-corrected chi connectivity index (χ4v) is 3.01. The number of imide groups is 2. The van der Waals surface area contributed by atoms with Crippen LogP contribution in [0.15, 0.2) is 29.8 Å². The van der Waals surface area contributed by atoms with E-state index in [0.29, 0.717) is 17.8 Å². The Balaban J connectivity index is 1.98. The van der Waals surface area contributed by atoms with Crippen LogP contribution >= 0.6 is 11.6 Å². The molecule has 140 valence electrons. The molecule has 0 aliphatic carbocycles. The lowest BCUT2D eigenvalue weighted by atomic mass is 10.1. The van der Waals surface area contributed by atoms with Gasteiger partial charge in [0, 0.05) is 19.7 Å². The maximum Gasteiger partial charge on any atom is 0.333 e. The molecule has 2 aromatic rings. The molecule has 27 heavy (non-hydrogen) atoms. The Morgan fingerprint density at radius 3 is 2.19 bits per heavy atom. The van der Waals surface area contributed by atoms with Gasteiger partial charge in [-0.15, -0.1) is 0 Å². The van der Waals surface area contributed by atoms with Crippen LogP contribution < -0.4 is 0 Å². The van der Waals surface area contributed by atoms with Gasteiger partial charge in [-0.05, 0) is 30.7 Å². The van der Waals surface area contributed by atoms with Crippen molar-refractivity contribution in [3.05, 3.63) is 57.6 Å². The second kappa shape index (κ2) is 6.96. The van der Waals surface area contributed by atoms with Crippen molar-refractivity contribution in [3.8, 4) is 0 Å². The lowest BCUT2D eigenvalue weighted by molar-refractivity contribution is -0.134. The minimum Gasteiger partial charge on any atom is -0.268 e. The zero-order chi connectivity index (χ0) is 19.9. The Morgan fingerprint density at radius 2 is 1.63 bits per heavy atom. The third-order valence-electron chi connectivity index (χ3n) is 4.29. The Morgan fingerprint density at radius 1 is 1.07 bits per heavy atom. The summed E-state index contributed by atoms with van der Waals surface area (Å²) in [4.78, 5) is 38.2. The molecule has 1 aliphatic heterocycles. The minimum atomic E-state index is -0.704. The third kappa shape index (κ3) is 3.35. The molecule has 7 nitrogen and oxygen atoms in total. The number of likely N-dealkylation sites (N-methyl/N-ethyl adjacent to an activating group) is 2. The summed E-state index contributed by atoms with van der Waals surface area (Å²) >= 11 is 6.39. The van der Waals surface area contributed by atoms with Gasteiger partial charge >= 0.3 is 6.03 Å². The largest absolute Gasteiger partial charge is 0.333 e. The first-order chi connectivity index (χ1) is 12.7. The number of nitrogens with zero attached hydrogens (tertiary/aromatic N) is 4. The van der Waals surface area contributed by atoms with Crippen LogP contribution in [0.2, 0.25) is 5.15 Å². The number of urea groups is 1. The van der Waals surface area contributed by atoms with E-state index < -0.39 is 17.8 Å². The Bertz CT molecular complexity index is 955. The molecule has 9 heteroatoms. The second-order valence-electron chi connectivity index (χ2n) is 6.14. The monoisotopic (exact) mass is 390 g/mol. The maximum atomic E-state index is 13.0. The summed E-state index contributed by atoms with van der Waals surface area (Å²) in [7, 11) is 2.60. The van der Waals surface area contributed by atoms with Crippen LogP contribution in [0.4, 0.5) is 9.18 Å². The van der Waals surface area contributed by atoms with Gasteiger partial charge in [-0.3, -0.25) is 19.4 Å². The van der Waals surface area contributed by atoms with E-state index in [1.165, 1.54) is 37.0 Å². The maximum absolute atomic E-state index is 13.0. The van der Waals surface area contributed by atoms with Gasteiger partial charge in [0.15, 0.2) is 0 Å². The van der Waals surface area contributed by atoms with Gasteiger partial charge in [-0.25, -0.2) is 13.9 Å². The predicted molar refractivity (Wildman–Crippen MR) is 96.4 cm³/mol. The molecule has 3 rings (SSSR count). The molecule has 1 aromatic heterocycles. The number of aromatic nitrogens is 2. The fraction of sp³-hybridized carbons (Fsp3) is 0.222. The van der Waals surface area contributed by atoms with Gasteiger partial charge in [0.1, 0.15) is 16.5 Å². The first-order valence-electron chi connectivity index (χ1n) is 7.99. The van der Waals surface area contributed by atoms with Crippen molar-refractivity contribution in [1.82, 2.24) is 19.6 Å². The number of aryl methyl sites for hydroxylation is 1. The number of carbonyl (C=O) groups excluding carboxylic acids is 3. The van der Waals surface area contributed by atoms with E-state index in [-0.39, 0.29) is 16.5 Å². The summed E-state index contributed by atoms with van der Waals surface area (Å²) in [5, 5.41) is 4.55. The van der Waals surface area contributed by atoms with Crippen molar-refractivity contribution in [2.75, 3.05) is 14.1 Å². The number of hydrogen-bond acceptors (Lipinski definition) is 4. The molecule has 2 heterocycles. The van der Waals surface area contributed by atoms with Gasteiger partial charge < -0.3 is 0 Å². The highest BCUT2D eigenvalue weighted by atomic mass is 35.5. The zero-order valence-corrected chi connectivity index (χ0v) is 15.6. The molecule has 1 aliphatic rings. The van der Waals surface area contributed by atoms with Crippen molar-refractivity contribution in [1.29, 1.82) is 0 Å². The minimum absolute atomic E-state index is 0.175. The fourth-order valence-electron chi connectivity index (χ4n) is 2.72. The molecule has 0 N–H and O–H groups in total. The van der Waals surface area contributed by atoms with Crippen LogP contribution in [0, 0.1) is 12.7 Å². The van der Waals surface area contributed by atoms with E-state index in [1.807, 2.05) is 0 Å². The normalized spacial score (nSPS) is 15.0. The van der Waals surface area contributed by atoms with Crippen molar-refractivity contribution in [2.24, 2.45) is 0 Å². The molecule has 0 atom stereocenters. The number of halogens is 2. The lowest BCUT2D eigenvalue weighted by Gasteiger charge is -2.28. The van der Waals surface area contributed by atoms with Crippen LogP contribution in [0.3, 0.4) is 0 Å². The average Bonchev–Trinajstić information content (AvgIpc) is 2.90. The molecular formula is C18H16ClFN4O3. The van der Waals surface area contributed by atoms with Gasteiger partial charge in [0.2, 0.25) is 0 Å². The number of hydrogen-bond donors (Lipinski definition) is 0. The van der Waals surface area contributed by atoms with Crippen molar-refractivity contribution in [2.45, 2.75) is 13.5 Å². The summed E-state index contributed by atoms with van der Waals surface area (Å²) in [6, 6.07) is 5.21. The smallest absolute Gasteiger partial charge is 0.268 e. The van der Waals surface area contributed by atoms with E-state index in [1.54, 1.807) is 19.1 Å². The molecule has 1 saturated heterocycles. The summed E-state index contributed by atoms with van der Waals surface area (Å²) in [6.07, 6.45) is 1.34. The van der Waals surface area contributed by atoms with E-state index in [0.717, 1.165) is 15.4 Å². The SMILES string of the molecule is Cc1nn(Cc2ccc(F)cc2)c(Cl)c1C=C1C(=O)N(C)C(=O)N(C)C1=O. The molecule has 0 saturated carbocycles. The first-order valence-corrected chi connectivity index (χ1v) is 8.37. The number of carbonyl (C=O) groups is 3. The third-order valence-corrected chi connectivity index (χ3v) is 4.69. The Kier molecular flexibility index (Phi) is 4.84. The van der Waals surface area contributed by atoms with Crippen LogP contribution in [-0.2, 0) is 16.1 Å².